The van der Waals surface area contributed by atoms with Gasteiger partial charge in [-0.3, -0.25) is 4.90 Å². The number of hydrogen-bond acceptors (Lipinski definition) is 3. The Balaban J connectivity index is 1.63. The van der Waals surface area contributed by atoms with E-state index in [0.717, 1.165) is 19.4 Å². The lowest BCUT2D eigenvalue weighted by Gasteiger charge is -2.15. The quantitative estimate of drug-likeness (QED) is 0.770. The molecule has 2 heterocycles. The largest absolute Gasteiger partial charge is 0.278 e. The molecule has 2 saturated heterocycles. The molecule has 4 nitrogen and oxygen atoms in total. The Kier molecular flexibility index (Phi) is 3.13. The summed E-state index contributed by atoms with van der Waals surface area (Å²) in [5.41, 5.74) is 1.18. The molecule has 0 amide bonds. The molecule has 0 bridgehead atoms. The SMILES string of the molecule is O=S(=O)(C1CN1Cc1ccccc1)N1CCCC1. The summed E-state index contributed by atoms with van der Waals surface area (Å²) in [6.45, 7) is 2.82. The monoisotopic (exact) mass is 266 g/mol. The predicted octanol–water partition coefficient (Wildman–Crippen LogP) is 1.25. The van der Waals surface area contributed by atoms with E-state index in [1.165, 1.54) is 5.56 Å². The van der Waals surface area contributed by atoms with Gasteiger partial charge >= 0.3 is 0 Å². The van der Waals surface area contributed by atoms with Crippen LogP contribution < -0.4 is 0 Å². The van der Waals surface area contributed by atoms with Gasteiger partial charge in [0.15, 0.2) is 0 Å². The fraction of sp³-hybridized carbons (Fsp3) is 0.538. The second-order valence-corrected chi connectivity index (χ2v) is 7.11. The zero-order valence-corrected chi connectivity index (χ0v) is 11.1. The summed E-state index contributed by atoms with van der Waals surface area (Å²) < 4.78 is 26.2. The Labute approximate surface area is 108 Å². The van der Waals surface area contributed by atoms with Gasteiger partial charge in [0, 0.05) is 26.2 Å². The van der Waals surface area contributed by atoms with Crippen molar-refractivity contribution >= 4 is 10.0 Å². The smallest absolute Gasteiger partial charge is 0.231 e. The highest BCUT2D eigenvalue weighted by atomic mass is 32.2. The maximum atomic E-state index is 12.3. The van der Waals surface area contributed by atoms with Crippen LogP contribution in [0.5, 0.6) is 0 Å². The van der Waals surface area contributed by atoms with E-state index in [1.807, 2.05) is 35.2 Å². The van der Waals surface area contributed by atoms with Crippen molar-refractivity contribution in [3.05, 3.63) is 35.9 Å². The van der Waals surface area contributed by atoms with E-state index in [2.05, 4.69) is 0 Å². The van der Waals surface area contributed by atoms with Crippen LogP contribution in [0.4, 0.5) is 0 Å². The molecule has 1 aromatic rings. The molecule has 2 atom stereocenters. The molecule has 0 aliphatic carbocycles. The minimum atomic E-state index is -3.08. The summed E-state index contributed by atoms with van der Waals surface area (Å²) in [7, 11) is -3.08. The maximum absolute atomic E-state index is 12.3. The van der Waals surface area contributed by atoms with E-state index in [-0.39, 0.29) is 5.37 Å². The van der Waals surface area contributed by atoms with Crippen LogP contribution in [0, 0.1) is 0 Å². The molecule has 2 aliphatic rings. The highest BCUT2D eigenvalue weighted by molar-refractivity contribution is 7.90. The molecule has 0 N–H and O–H groups in total. The van der Waals surface area contributed by atoms with Gasteiger partial charge in [-0.15, -0.1) is 0 Å². The molecule has 2 unspecified atom stereocenters. The van der Waals surface area contributed by atoms with E-state index in [0.29, 0.717) is 19.6 Å². The first-order valence-electron chi connectivity index (χ1n) is 6.45. The van der Waals surface area contributed by atoms with E-state index in [4.69, 9.17) is 0 Å². The predicted molar refractivity (Wildman–Crippen MR) is 70.4 cm³/mol. The normalized spacial score (nSPS) is 28.4. The Bertz CT molecular complexity index is 509. The topological polar surface area (TPSA) is 40.4 Å². The van der Waals surface area contributed by atoms with E-state index in [9.17, 15) is 8.42 Å². The van der Waals surface area contributed by atoms with E-state index in [1.54, 1.807) is 4.31 Å². The third kappa shape index (κ3) is 2.30. The molecule has 0 spiro atoms. The zero-order valence-electron chi connectivity index (χ0n) is 10.3. The Morgan fingerprint density at radius 2 is 1.78 bits per heavy atom. The van der Waals surface area contributed by atoms with E-state index < -0.39 is 10.0 Å². The van der Waals surface area contributed by atoms with Gasteiger partial charge in [0.05, 0.1) is 0 Å². The van der Waals surface area contributed by atoms with Crippen molar-refractivity contribution in [2.75, 3.05) is 19.6 Å². The summed E-state index contributed by atoms with van der Waals surface area (Å²) in [5.74, 6) is 0. The third-order valence-electron chi connectivity index (χ3n) is 3.66. The summed E-state index contributed by atoms with van der Waals surface area (Å²) in [5, 5.41) is -0.282. The number of nitrogens with zero attached hydrogens (tertiary/aromatic N) is 2. The fourth-order valence-corrected chi connectivity index (χ4v) is 4.48. The molecule has 2 fully saturated rings. The Hall–Kier alpha value is -0.910. The van der Waals surface area contributed by atoms with Crippen molar-refractivity contribution in [3.8, 4) is 0 Å². The van der Waals surface area contributed by atoms with Crippen LogP contribution in [-0.4, -0.2) is 42.6 Å². The zero-order chi connectivity index (χ0) is 12.6. The van der Waals surface area contributed by atoms with Gasteiger partial charge in [0.2, 0.25) is 10.0 Å². The minimum absolute atomic E-state index is 0.282. The average molecular weight is 266 g/mol. The number of sulfonamides is 1. The number of rotatable bonds is 4. The van der Waals surface area contributed by atoms with E-state index >= 15 is 0 Å². The van der Waals surface area contributed by atoms with Crippen LogP contribution in [0.3, 0.4) is 0 Å². The summed E-state index contributed by atoms with van der Waals surface area (Å²) >= 11 is 0. The van der Waals surface area contributed by atoms with Crippen molar-refractivity contribution in [1.29, 1.82) is 0 Å². The fourth-order valence-electron chi connectivity index (χ4n) is 2.54. The third-order valence-corrected chi connectivity index (χ3v) is 5.88. The molecule has 0 radical (unpaired) electrons. The number of hydrogen-bond donors (Lipinski definition) is 0. The minimum Gasteiger partial charge on any atom is -0.278 e. The lowest BCUT2D eigenvalue weighted by Crippen LogP contribution is -2.33. The molecule has 0 saturated carbocycles. The maximum Gasteiger partial charge on any atom is 0.231 e. The molecular weight excluding hydrogens is 248 g/mol. The molecule has 0 aromatic heterocycles. The second-order valence-electron chi connectivity index (χ2n) is 5.02. The molecular formula is C13H18N2O2S. The Morgan fingerprint density at radius 1 is 1.11 bits per heavy atom. The summed E-state index contributed by atoms with van der Waals surface area (Å²) in [4.78, 5) is 2.02. The highest BCUT2D eigenvalue weighted by Crippen LogP contribution is 2.30. The van der Waals surface area contributed by atoms with Crippen LogP contribution in [-0.2, 0) is 16.6 Å². The molecule has 3 rings (SSSR count). The lowest BCUT2D eigenvalue weighted by atomic mass is 10.2. The molecule has 2 aliphatic heterocycles. The summed E-state index contributed by atoms with van der Waals surface area (Å²) in [6.07, 6.45) is 2.01. The molecule has 5 heteroatoms. The van der Waals surface area contributed by atoms with Gasteiger partial charge in [-0.2, -0.15) is 0 Å². The van der Waals surface area contributed by atoms with Crippen LogP contribution >= 0.6 is 0 Å². The van der Waals surface area contributed by atoms with Crippen LogP contribution in [0.1, 0.15) is 18.4 Å². The van der Waals surface area contributed by atoms with Gasteiger partial charge < -0.3 is 0 Å². The first kappa shape index (κ1) is 12.1. The van der Waals surface area contributed by atoms with Crippen LogP contribution in [0.25, 0.3) is 0 Å². The van der Waals surface area contributed by atoms with Gasteiger partial charge in [-0.25, -0.2) is 12.7 Å². The molecule has 18 heavy (non-hydrogen) atoms. The van der Waals surface area contributed by atoms with Gasteiger partial charge in [0.25, 0.3) is 0 Å². The van der Waals surface area contributed by atoms with Crippen molar-refractivity contribution in [1.82, 2.24) is 9.21 Å². The second kappa shape index (κ2) is 4.64. The first-order chi connectivity index (χ1) is 8.68. The highest BCUT2D eigenvalue weighted by Gasteiger charge is 2.47. The van der Waals surface area contributed by atoms with Crippen molar-refractivity contribution < 1.29 is 8.42 Å². The first-order valence-corrected chi connectivity index (χ1v) is 7.95. The lowest BCUT2D eigenvalue weighted by molar-refractivity contribution is 0.456. The van der Waals surface area contributed by atoms with Crippen molar-refractivity contribution in [3.63, 3.8) is 0 Å². The molecule has 1 aromatic carbocycles. The van der Waals surface area contributed by atoms with Crippen LogP contribution in [0.2, 0.25) is 0 Å². The average Bonchev–Trinajstić information content (AvgIpc) is 2.93. The van der Waals surface area contributed by atoms with Gasteiger partial charge in [-0.05, 0) is 18.4 Å². The van der Waals surface area contributed by atoms with Crippen LogP contribution in [0.15, 0.2) is 30.3 Å². The van der Waals surface area contributed by atoms with Gasteiger partial charge in [0.1, 0.15) is 5.37 Å². The van der Waals surface area contributed by atoms with Crippen molar-refractivity contribution in [2.24, 2.45) is 0 Å². The van der Waals surface area contributed by atoms with Crippen molar-refractivity contribution in [2.45, 2.75) is 24.8 Å². The standard InChI is InChI=1S/C13H18N2O2S/c16-18(17,15-8-4-5-9-15)13-11-14(13)10-12-6-2-1-3-7-12/h1-3,6-7,13H,4-5,8-11H2. The number of benzene rings is 1. The van der Waals surface area contributed by atoms with Gasteiger partial charge in [-0.1, -0.05) is 30.3 Å². The summed E-state index contributed by atoms with van der Waals surface area (Å²) in [6, 6.07) is 10.0. The molecule has 98 valence electrons. The Morgan fingerprint density at radius 3 is 2.44 bits per heavy atom.